The maximum Gasteiger partial charge on any atom is 0.412 e. The Bertz CT molecular complexity index is 1360. The molecule has 7 nitrogen and oxygen atoms in total. The Labute approximate surface area is 214 Å². The zero-order valence-corrected chi connectivity index (χ0v) is 22.6. The summed E-state index contributed by atoms with van der Waals surface area (Å²) in [7, 11) is -3.87. The van der Waals surface area contributed by atoms with Crippen molar-refractivity contribution in [1.82, 2.24) is 5.32 Å². The van der Waals surface area contributed by atoms with Crippen LogP contribution in [0, 0.1) is 6.92 Å². The Morgan fingerprint density at radius 3 is 2.49 bits per heavy atom. The molecule has 1 aromatic heterocycles. The van der Waals surface area contributed by atoms with Gasteiger partial charge in [0.25, 0.3) is 0 Å². The second-order valence-electron chi connectivity index (χ2n) is 8.59. The number of carbonyl (C=O) groups excluding carboxylic acids is 1. The third-order valence-electron chi connectivity index (χ3n) is 4.95. The van der Waals surface area contributed by atoms with E-state index in [2.05, 4.69) is 10.3 Å². The van der Waals surface area contributed by atoms with Crippen LogP contribution in [0.1, 0.15) is 31.9 Å². The average Bonchev–Trinajstić information content (AvgIpc) is 3.22. The molecule has 0 spiro atoms. The Kier molecular flexibility index (Phi) is 8.42. The van der Waals surface area contributed by atoms with E-state index in [4.69, 9.17) is 4.74 Å². The number of hydrogen-bond acceptors (Lipinski definition) is 8. The summed E-state index contributed by atoms with van der Waals surface area (Å²) in [6.45, 7) is 6.89. The van der Waals surface area contributed by atoms with Crippen molar-refractivity contribution in [3.05, 3.63) is 59.7 Å². The van der Waals surface area contributed by atoms with Gasteiger partial charge in [0.2, 0.25) is 9.84 Å². The Morgan fingerprint density at radius 2 is 1.83 bits per heavy atom. The summed E-state index contributed by atoms with van der Waals surface area (Å²) in [5.74, 6) is 0. The van der Waals surface area contributed by atoms with E-state index in [1.807, 2.05) is 30.3 Å². The lowest BCUT2D eigenvalue weighted by atomic mass is 9.96. The minimum absolute atomic E-state index is 0.146. The van der Waals surface area contributed by atoms with Gasteiger partial charge in [-0.15, -0.1) is 23.1 Å². The number of alkyl carbamates (subject to hydrolysis) is 1. The number of carbonyl (C=O) groups is 1. The number of ether oxygens (including phenoxy) is 1. The fourth-order valence-corrected chi connectivity index (χ4v) is 7.51. The largest absolute Gasteiger partial charge is 0.444 e. The van der Waals surface area contributed by atoms with Crippen LogP contribution in [0.25, 0.3) is 11.1 Å². The monoisotopic (exact) mass is 532 g/mol. The van der Waals surface area contributed by atoms with Gasteiger partial charge in [0.15, 0.2) is 0 Å². The highest BCUT2D eigenvalue weighted by Crippen LogP contribution is 2.42. The first-order valence-electron chi connectivity index (χ1n) is 10.7. The predicted octanol–water partition coefficient (Wildman–Crippen LogP) is 5.96. The summed E-state index contributed by atoms with van der Waals surface area (Å²) in [5, 5.41) is 12.6. The summed E-state index contributed by atoms with van der Waals surface area (Å²) in [6, 6.07) is 14.0. The highest BCUT2D eigenvalue weighted by molar-refractivity contribution is 8.01. The van der Waals surface area contributed by atoms with Crippen molar-refractivity contribution >= 4 is 50.4 Å². The van der Waals surface area contributed by atoms with Crippen LogP contribution in [0.3, 0.4) is 0 Å². The number of nitrogens with one attached hydrogen (secondary N) is 1. The van der Waals surface area contributed by atoms with Crippen LogP contribution in [-0.2, 0) is 21.2 Å². The van der Waals surface area contributed by atoms with E-state index in [0.717, 1.165) is 16.7 Å². The zero-order valence-electron chi connectivity index (χ0n) is 20.2. The molecule has 0 fully saturated rings. The molecule has 3 aromatic rings. The topological polar surface area (TPSA) is 105 Å². The van der Waals surface area contributed by atoms with Crippen LogP contribution in [0.4, 0.5) is 9.80 Å². The number of hydrogen-bond donors (Lipinski definition) is 2. The first-order valence-corrected chi connectivity index (χ1v) is 14.2. The number of thiophene rings is 1. The molecule has 10 heteroatoms. The third-order valence-corrected chi connectivity index (χ3v) is 9.31. The lowest BCUT2D eigenvalue weighted by Gasteiger charge is -2.18. The van der Waals surface area contributed by atoms with Gasteiger partial charge in [-0.25, -0.2) is 18.2 Å². The molecule has 0 radical (unpaired) electrons. The summed E-state index contributed by atoms with van der Waals surface area (Å²) in [6.07, 6.45) is 2.35. The van der Waals surface area contributed by atoms with Crippen molar-refractivity contribution in [3.8, 4) is 11.1 Å². The summed E-state index contributed by atoms with van der Waals surface area (Å²) < 4.78 is 33.2. The van der Waals surface area contributed by atoms with Gasteiger partial charge in [-0.1, -0.05) is 36.4 Å². The molecule has 0 bridgehead atoms. The van der Waals surface area contributed by atoms with E-state index >= 15 is 0 Å². The summed E-state index contributed by atoms with van der Waals surface area (Å²) in [5.41, 5.74) is 2.22. The quantitative estimate of drug-likeness (QED) is 0.221. The van der Waals surface area contributed by atoms with E-state index in [1.165, 1.54) is 35.5 Å². The molecule has 0 aliphatic carbocycles. The minimum Gasteiger partial charge on any atom is -0.444 e. The van der Waals surface area contributed by atoms with Crippen LogP contribution < -0.4 is 5.32 Å². The zero-order chi connectivity index (χ0) is 25.8. The number of aliphatic imine (C=N–C) groups is 1. The molecule has 0 unspecified atom stereocenters. The molecule has 35 heavy (non-hydrogen) atoms. The number of nitrogens with zero attached hydrogens (tertiary/aromatic N) is 1. The number of sulfone groups is 1. The third kappa shape index (κ3) is 6.32. The highest BCUT2D eigenvalue weighted by atomic mass is 32.2. The molecular weight excluding hydrogens is 504 g/mol. The van der Waals surface area contributed by atoms with Crippen molar-refractivity contribution in [1.29, 1.82) is 0 Å². The SMILES string of the molecule is CSc1sc(/N=C/NC(=O)OC(C)(C)C)cc1S(=O)(=O)c1cccc(-c2ccccc2CO)c1C. The average molecular weight is 533 g/mol. The van der Waals surface area contributed by atoms with Gasteiger partial charge in [-0.2, -0.15) is 0 Å². The van der Waals surface area contributed by atoms with Gasteiger partial charge in [0, 0.05) is 0 Å². The van der Waals surface area contributed by atoms with Crippen molar-refractivity contribution < 1.29 is 23.1 Å². The van der Waals surface area contributed by atoms with Gasteiger partial charge in [0.1, 0.15) is 10.6 Å². The van der Waals surface area contributed by atoms with Crippen LogP contribution in [0.15, 0.2) is 67.5 Å². The molecule has 2 aromatic carbocycles. The second kappa shape index (κ2) is 10.9. The molecule has 3 rings (SSSR count). The summed E-state index contributed by atoms with van der Waals surface area (Å²) in [4.78, 5) is 16.4. The fourth-order valence-electron chi connectivity index (χ4n) is 3.43. The Balaban J connectivity index is 1.97. The number of amides is 1. The van der Waals surface area contributed by atoms with Gasteiger partial charge in [-0.3, -0.25) is 5.32 Å². The standard InChI is InChI=1S/C25H28N2O5S3/c1-16-18(19-10-7-6-9-17(19)14-28)11-8-12-20(16)35(30,31)21-13-22(34-23(21)33-5)26-15-27-24(29)32-25(2,3)4/h6-13,15,28H,14H2,1-5H3,(H,26,27,29). The Hall–Kier alpha value is -2.66. The molecule has 0 aliphatic heterocycles. The van der Waals surface area contributed by atoms with E-state index < -0.39 is 21.5 Å². The van der Waals surface area contributed by atoms with Crippen molar-refractivity contribution in [3.63, 3.8) is 0 Å². The number of aliphatic hydroxyl groups is 1. The number of thioether (sulfide) groups is 1. The molecule has 0 aliphatic rings. The molecule has 186 valence electrons. The van der Waals surface area contributed by atoms with Crippen LogP contribution in [-0.4, -0.2) is 37.8 Å². The van der Waals surface area contributed by atoms with E-state index in [-0.39, 0.29) is 16.4 Å². The van der Waals surface area contributed by atoms with Crippen molar-refractivity contribution in [2.45, 2.75) is 53.9 Å². The first-order chi connectivity index (χ1) is 16.5. The highest BCUT2D eigenvalue weighted by Gasteiger charge is 2.27. The maximum atomic E-state index is 13.7. The molecule has 1 heterocycles. The van der Waals surface area contributed by atoms with Crippen LogP contribution in [0.2, 0.25) is 0 Å². The predicted molar refractivity (Wildman–Crippen MR) is 142 cm³/mol. The van der Waals surface area contributed by atoms with Gasteiger partial charge in [-0.05, 0) is 68.3 Å². The smallest absolute Gasteiger partial charge is 0.412 e. The normalized spacial score (nSPS) is 12.2. The molecule has 0 atom stereocenters. The van der Waals surface area contributed by atoms with E-state index in [0.29, 0.717) is 14.8 Å². The fraction of sp³-hybridized carbons (Fsp3) is 0.280. The Morgan fingerprint density at radius 1 is 1.14 bits per heavy atom. The number of aliphatic hydroxyl groups excluding tert-OH is 1. The molecule has 0 saturated heterocycles. The maximum absolute atomic E-state index is 13.7. The molecule has 1 amide bonds. The molecule has 0 saturated carbocycles. The van der Waals surface area contributed by atoms with Crippen molar-refractivity contribution in [2.24, 2.45) is 4.99 Å². The number of benzene rings is 2. The van der Waals surface area contributed by atoms with E-state index in [1.54, 1.807) is 46.1 Å². The molecule has 2 N–H and O–H groups in total. The van der Waals surface area contributed by atoms with Crippen LogP contribution >= 0.6 is 23.1 Å². The lowest BCUT2D eigenvalue weighted by molar-refractivity contribution is 0.0565. The van der Waals surface area contributed by atoms with E-state index in [9.17, 15) is 18.3 Å². The number of rotatable bonds is 7. The van der Waals surface area contributed by atoms with Gasteiger partial charge < -0.3 is 9.84 Å². The van der Waals surface area contributed by atoms with Crippen LogP contribution in [0.5, 0.6) is 0 Å². The second-order valence-corrected chi connectivity index (χ2v) is 12.6. The summed E-state index contributed by atoms with van der Waals surface area (Å²) >= 11 is 2.54. The van der Waals surface area contributed by atoms with Gasteiger partial charge in [0.05, 0.1) is 26.9 Å². The minimum atomic E-state index is -3.87. The molecular formula is C25H28N2O5S3. The first kappa shape index (κ1) is 26.9. The van der Waals surface area contributed by atoms with Crippen molar-refractivity contribution in [2.75, 3.05) is 6.26 Å². The lowest BCUT2D eigenvalue weighted by Crippen LogP contribution is -2.31. The van der Waals surface area contributed by atoms with Gasteiger partial charge >= 0.3 is 6.09 Å².